The third-order valence-electron chi connectivity index (χ3n) is 4.42. The van der Waals surface area contributed by atoms with Gasteiger partial charge in [-0.25, -0.2) is 0 Å². The molecule has 1 aliphatic heterocycles. The van der Waals surface area contributed by atoms with E-state index in [1.54, 1.807) is 12.1 Å². The molecular formula is C19H13ClF3NO3. The second-order valence-electron chi connectivity index (χ2n) is 6.14. The lowest BCUT2D eigenvalue weighted by molar-refractivity contribution is -0.138. The molecule has 2 aromatic carbocycles. The van der Waals surface area contributed by atoms with Crippen LogP contribution in [0, 0.1) is 5.92 Å². The van der Waals surface area contributed by atoms with Crippen molar-refractivity contribution in [2.24, 2.45) is 5.92 Å². The van der Waals surface area contributed by atoms with E-state index < -0.39 is 41.2 Å². The molecule has 8 heteroatoms. The topological polar surface area (TPSA) is 54.5 Å². The average Bonchev–Trinajstić information content (AvgIpc) is 2.86. The Bertz CT molecular complexity index is 942. The van der Waals surface area contributed by atoms with Gasteiger partial charge in [0.05, 0.1) is 11.6 Å². The average molecular weight is 396 g/mol. The fourth-order valence-electron chi connectivity index (χ4n) is 3.22. The molecule has 0 saturated carbocycles. The molecule has 140 valence electrons. The normalized spacial score (nSPS) is 20.3. The van der Waals surface area contributed by atoms with Crippen molar-refractivity contribution >= 4 is 34.8 Å². The molecule has 2 aromatic rings. The Morgan fingerprint density at radius 1 is 1.07 bits per heavy atom. The maximum atomic E-state index is 13.1. The Morgan fingerprint density at radius 2 is 1.74 bits per heavy atom. The Kier molecular flexibility index (Phi) is 4.82. The Balaban J connectivity index is 2.20. The van der Waals surface area contributed by atoms with Crippen LogP contribution in [0.1, 0.15) is 24.1 Å². The summed E-state index contributed by atoms with van der Waals surface area (Å²) in [5.41, 5.74) is -0.780. The number of carbonyl (C=O) groups excluding carboxylic acids is 3. The van der Waals surface area contributed by atoms with Gasteiger partial charge in [-0.1, -0.05) is 35.9 Å². The van der Waals surface area contributed by atoms with Crippen LogP contribution in [0.4, 0.5) is 18.9 Å². The summed E-state index contributed by atoms with van der Waals surface area (Å²) in [7, 11) is 0. The monoisotopic (exact) mass is 395 g/mol. The third kappa shape index (κ3) is 3.35. The van der Waals surface area contributed by atoms with Crippen molar-refractivity contribution in [3.05, 3.63) is 64.7 Å². The van der Waals surface area contributed by atoms with Crippen LogP contribution in [0.2, 0.25) is 5.02 Å². The highest BCUT2D eigenvalue weighted by molar-refractivity contribution is 6.48. The largest absolute Gasteiger partial charge is 0.416 e. The molecule has 2 unspecified atom stereocenters. The fourth-order valence-corrected chi connectivity index (χ4v) is 3.47. The van der Waals surface area contributed by atoms with Gasteiger partial charge in [0.2, 0.25) is 5.78 Å². The molecular weight excluding hydrogens is 383 g/mol. The van der Waals surface area contributed by atoms with Gasteiger partial charge in [0.15, 0.2) is 0 Å². The molecule has 2 atom stereocenters. The van der Waals surface area contributed by atoms with E-state index in [1.807, 2.05) is 0 Å². The van der Waals surface area contributed by atoms with E-state index in [9.17, 15) is 27.6 Å². The summed E-state index contributed by atoms with van der Waals surface area (Å²) < 4.78 is 39.2. The molecule has 1 amide bonds. The molecule has 1 aliphatic rings. The molecule has 0 N–H and O–H groups in total. The third-order valence-corrected chi connectivity index (χ3v) is 4.76. The minimum Gasteiger partial charge on any atom is -0.299 e. The molecule has 1 fully saturated rings. The van der Waals surface area contributed by atoms with Gasteiger partial charge in [-0.15, -0.1) is 0 Å². The van der Waals surface area contributed by atoms with E-state index in [0.29, 0.717) is 5.56 Å². The number of amides is 1. The van der Waals surface area contributed by atoms with Crippen LogP contribution >= 0.6 is 11.6 Å². The quantitative estimate of drug-likeness (QED) is 0.577. The van der Waals surface area contributed by atoms with Crippen LogP contribution in [0.5, 0.6) is 0 Å². The lowest BCUT2D eigenvalue weighted by Crippen LogP contribution is -2.30. The number of halogens is 4. The number of hydrogen-bond acceptors (Lipinski definition) is 3. The number of rotatable bonds is 3. The Hall–Kier alpha value is -2.67. The minimum absolute atomic E-state index is 0.128. The second-order valence-corrected chi connectivity index (χ2v) is 6.55. The van der Waals surface area contributed by atoms with Crippen LogP contribution in [-0.2, 0) is 20.6 Å². The minimum atomic E-state index is -4.62. The molecule has 0 aliphatic carbocycles. The summed E-state index contributed by atoms with van der Waals surface area (Å²) in [5.74, 6) is -3.91. The summed E-state index contributed by atoms with van der Waals surface area (Å²) >= 11 is 6.19. The van der Waals surface area contributed by atoms with Crippen LogP contribution in [-0.4, -0.2) is 17.5 Å². The molecule has 1 heterocycles. The lowest BCUT2D eigenvalue weighted by Gasteiger charge is -2.28. The number of hydrogen-bond donors (Lipinski definition) is 0. The highest BCUT2D eigenvalue weighted by Crippen LogP contribution is 2.43. The molecule has 0 spiro atoms. The van der Waals surface area contributed by atoms with Gasteiger partial charge in [-0.3, -0.25) is 19.3 Å². The number of Topliss-reactive ketones (excluding diaryl/α,β-unsaturated/α-hetero) is 2. The van der Waals surface area contributed by atoms with Crippen molar-refractivity contribution < 1.29 is 27.6 Å². The van der Waals surface area contributed by atoms with E-state index in [1.165, 1.54) is 18.2 Å². The van der Waals surface area contributed by atoms with Crippen LogP contribution in [0.3, 0.4) is 0 Å². The zero-order chi connectivity index (χ0) is 19.9. The van der Waals surface area contributed by atoms with Crippen molar-refractivity contribution in [1.29, 1.82) is 0 Å². The summed E-state index contributed by atoms with van der Waals surface area (Å²) in [6.45, 7) is 1.16. The zero-order valence-corrected chi connectivity index (χ0v) is 14.7. The summed E-state index contributed by atoms with van der Waals surface area (Å²) in [5, 5.41) is 0.202. The number of nitrogens with zero attached hydrogens (tertiary/aromatic N) is 1. The van der Waals surface area contributed by atoms with E-state index in [0.717, 1.165) is 30.0 Å². The van der Waals surface area contributed by atoms with Gasteiger partial charge in [0, 0.05) is 10.7 Å². The fraction of sp³-hybridized carbons (Fsp3) is 0.211. The van der Waals surface area contributed by atoms with Gasteiger partial charge in [0.1, 0.15) is 11.7 Å². The standard InChI is InChI=1S/C19H13ClF3NO3/c1-10(25)15-16(13-7-2-3-8-14(13)20)24(18(27)17(15)26)12-6-4-5-11(9-12)19(21,22)23/h2-9,15-16H,1H3. The van der Waals surface area contributed by atoms with Gasteiger partial charge in [0.25, 0.3) is 5.91 Å². The maximum absolute atomic E-state index is 13.1. The predicted octanol–water partition coefficient (Wildman–Crippen LogP) is 4.22. The molecule has 0 radical (unpaired) electrons. The van der Waals surface area contributed by atoms with Gasteiger partial charge < -0.3 is 0 Å². The molecule has 0 aromatic heterocycles. The van der Waals surface area contributed by atoms with Crippen molar-refractivity contribution in [3.8, 4) is 0 Å². The number of carbonyl (C=O) groups is 3. The van der Waals surface area contributed by atoms with E-state index in [2.05, 4.69) is 0 Å². The van der Waals surface area contributed by atoms with Crippen LogP contribution < -0.4 is 4.90 Å². The number of alkyl halides is 3. The first-order chi connectivity index (χ1) is 12.6. The number of anilines is 1. The summed E-state index contributed by atoms with van der Waals surface area (Å²) in [6.07, 6.45) is -4.62. The number of benzene rings is 2. The van der Waals surface area contributed by atoms with E-state index in [4.69, 9.17) is 11.6 Å². The van der Waals surface area contributed by atoms with E-state index >= 15 is 0 Å². The highest BCUT2D eigenvalue weighted by Gasteiger charge is 2.51. The SMILES string of the molecule is CC(=O)C1C(=O)C(=O)N(c2cccc(C(F)(F)F)c2)C1c1ccccc1Cl. The van der Waals surface area contributed by atoms with Crippen molar-refractivity contribution in [2.45, 2.75) is 19.1 Å². The first-order valence-corrected chi connectivity index (χ1v) is 8.30. The second kappa shape index (κ2) is 6.81. The first-order valence-electron chi connectivity index (χ1n) is 7.92. The summed E-state index contributed by atoms with van der Waals surface area (Å²) in [4.78, 5) is 38.0. The van der Waals surface area contributed by atoms with Crippen LogP contribution in [0.25, 0.3) is 0 Å². The van der Waals surface area contributed by atoms with Crippen molar-refractivity contribution in [3.63, 3.8) is 0 Å². The smallest absolute Gasteiger partial charge is 0.299 e. The molecule has 3 rings (SSSR count). The molecule has 4 nitrogen and oxygen atoms in total. The molecule has 27 heavy (non-hydrogen) atoms. The predicted molar refractivity (Wildman–Crippen MR) is 92.3 cm³/mol. The molecule has 1 saturated heterocycles. The van der Waals surface area contributed by atoms with Gasteiger partial charge in [-0.2, -0.15) is 13.2 Å². The highest BCUT2D eigenvalue weighted by atomic mass is 35.5. The first kappa shape index (κ1) is 19.1. The van der Waals surface area contributed by atoms with E-state index in [-0.39, 0.29) is 10.7 Å². The maximum Gasteiger partial charge on any atom is 0.416 e. The van der Waals surface area contributed by atoms with Crippen molar-refractivity contribution in [1.82, 2.24) is 0 Å². The lowest BCUT2D eigenvalue weighted by atomic mass is 9.89. The Labute approximate surface area is 157 Å². The summed E-state index contributed by atoms with van der Waals surface area (Å²) in [6, 6.07) is 9.24. The Morgan fingerprint density at radius 3 is 2.33 bits per heavy atom. The zero-order valence-electron chi connectivity index (χ0n) is 14.0. The van der Waals surface area contributed by atoms with Crippen molar-refractivity contribution in [2.75, 3.05) is 4.90 Å². The number of ketones is 2. The van der Waals surface area contributed by atoms with Gasteiger partial charge >= 0.3 is 6.18 Å². The van der Waals surface area contributed by atoms with Gasteiger partial charge in [-0.05, 0) is 36.8 Å². The molecule has 0 bridgehead atoms. The van der Waals surface area contributed by atoms with Crippen LogP contribution in [0.15, 0.2) is 48.5 Å².